The van der Waals surface area contributed by atoms with Crippen LogP contribution in [0.15, 0.2) is 42.5 Å². The summed E-state index contributed by atoms with van der Waals surface area (Å²) < 4.78 is 27.5. The van der Waals surface area contributed by atoms with E-state index >= 15 is 0 Å². The molecule has 8 heteroatoms. The van der Waals surface area contributed by atoms with Gasteiger partial charge in [0.25, 0.3) is 0 Å². The van der Waals surface area contributed by atoms with Crippen LogP contribution in [-0.2, 0) is 22.4 Å². The number of benzene rings is 2. The van der Waals surface area contributed by atoms with E-state index in [9.17, 15) is 23.5 Å². The molecule has 4 unspecified atom stereocenters. The molecule has 0 aliphatic carbocycles. The molecule has 2 aromatic carbocycles. The summed E-state index contributed by atoms with van der Waals surface area (Å²) in [6, 6.07) is 10.4. The highest BCUT2D eigenvalue weighted by molar-refractivity contribution is 5.89. The predicted octanol–water partition coefficient (Wildman–Crippen LogP) is 2.50. The third-order valence-corrected chi connectivity index (χ3v) is 7.00. The molecule has 35 heavy (non-hydrogen) atoms. The van der Waals surface area contributed by atoms with Gasteiger partial charge in [-0.25, -0.2) is 8.78 Å². The quantitative estimate of drug-likeness (QED) is 0.510. The number of hydrogen-bond donors (Lipinski definition) is 3. The number of aliphatic hydroxyl groups is 1. The van der Waals surface area contributed by atoms with Crippen LogP contribution in [0.5, 0.6) is 0 Å². The molecule has 0 radical (unpaired) electrons. The van der Waals surface area contributed by atoms with Crippen molar-refractivity contribution in [3.8, 4) is 0 Å². The molecule has 2 aliphatic heterocycles. The third-order valence-electron chi connectivity index (χ3n) is 7.00. The lowest BCUT2D eigenvalue weighted by Gasteiger charge is -2.29. The molecule has 2 amide bonds. The van der Waals surface area contributed by atoms with Crippen LogP contribution in [0.1, 0.15) is 36.0 Å². The zero-order chi connectivity index (χ0) is 24.9. The number of amides is 2. The average molecular weight is 486 g/mol. The Labute approximate surface area is 204 Å². The Morgan fingerprint density at radius 2 is 1.89 bits per heavy atom. The molecule has 0 spiro atoms. The van der Waals surface area contributed by atoms with Gasteiger partial charge in [-0.15, -0.1) is 0 Å². The molecule has 2 aromatic rings. The van der Waals surface area contributed by atoms with Crippen molar-refractivity contribution in [2.75, 3.05) is 19.6 Å². The van der Waals surface area contributed by atoms with Crippen molar-refractivity contribution >= 4 is 11.8 Å². The standard InChI is InChI=1S/C27H33F2N3O3/c1-17-4-6-18(7-5-17)8-10-32-16-20(14-25(32)33)27(35)31-24(26(34)23-3-2-9-30-23)13-19-11-21(28)15-22(29)12-19/h4-7,11-12,15,20,23-24,26,30,34H,2-3,8-10,13-14,16H2,1H3,(H,31,35). The summed E-state index contributed by atoms with van der Waals surface area (Å²) in [4.78, 5) is 27.4. The van der Waals surface area contributed by atoms with Crippen LogP contribution in [0.2, 0.25) is 0 Å². The Morgan fingerprint density at radius 1 is 1.17 bits per heavy atom. The zero-order valence-electron chi connectivity index (χ0n) is 20.0. The van der Waals surface area contributed by atoms with Crippen LogP contribution in [-0.4, -0.2) is 59.6 Å². The van der Waals surface area contributed by atoms with Crippen LogP contribution in [0, 0.1) is 24.5 Å². The first-order chi connectivity index (χ1) is 16.8. The summed E-state index contributed by atoms with van der Waals surface area (Å²) in [6.07, 6.45) is 1.63. The lowest BCUT2D eigenvalue weighted by atomic mass is 9.94. The van der Waals surface area contributed by atoms with Gasteiger partial charge in [0.05, 0.1) is 18.1 Å². The van der Waals surface area contributed by atoms with E-state index in [1.807, 2.05) is 31.2 Å². The number of hydrogen-bond acceptors (Lipinski definition) is 4. The second-order valence-corrected chi connectivity index (χ2v) is 9.77. The van der Waals surface area contributed by atoms with E-state index in [-0.39, 0.29) is 30.7 Å². The lowest BCUT2D eigenvalue weighted by Crippen LogP contribution is -2.53. The van der Waals surface area contributed by atoms with Crippen molar-refractivity contribution in [2.24, 2.45) is 5.92 Å². The van der Waals surface area contributed by atoms with Crippen molar-refractivity contribution in [3.63, 3.8) is 0 Å². The Hall–Kier alpha value is -2.84. The van der Waals surface area contributed by atoms with Gasteiger partial charge in [0.2, 0.25) is 11.8 Å². The Bertz CT molecular complexity index is 1020. The maximum atomic E-state index is 13.7. The molecule has 188 valence electrons. The first-order valence-electron chi connectivity index (χ1n) is 12.3. The molecule has 6 nitrogen and oxygen atoms in total. The van der Waals surface area contributed by atoms with Gasteiger partial charge in [0.15, 0.2) is 0 Å². The van der Waals surface area contributed by atoms with Gasteiger partial charge in [0.1, 0.15) is 11.6 Å². The summed E-state index contributed by atoms with van der Waals surface area (Å²) in [5.74, 6) is -2.33. The zero-order valence-corrected chi connectivity index (χ0v) is 20.0. The highest BCUT2D eigenvalue weighted by atomic mass is 19.1. The second kappa shape index (κ2) is 11.3. The van der Waals surface area contributed by atoms with Gasteiger partial charge in [-0.3, -0.25) is 9.59 Å². The van der Waals surface area contributed by atoms with E-state index in [2.05, 4.69) is 10.6 Å². The van der Waals surface area contributed by atoms with Crippen molar-refractivity contribution in [1.29, 1.82) is 0 Å². The average Bonchev–Trinajstić information content (AvgIpc) is 3.47. The van der Waals surface area contributed by atoms with E-state index < -0.39 is 29.7 Å². The van der Waals surface area contributed by atoms with E-state index in [1.54, 1.807) is 4.90 Å². The van der Waals surface area contributed by atoms with Gasteiger partial charge in [-0.2, -0.15) is 0 Å². The van der Waals surface area contributed by atoms with Crippen molar-refractivity contribution in [1.82, 2.24) is 15.5 Å². The smallest absolute Gasteiger partial charge is 0.225 e. The predicted molar refractivity (Wildman–Crippen MR) is 129 cm³/mol. The van der Waals surface area contributed by atoms with Gasteiger partial charge in [-0.1, -0.05) is 29.8 Å². The SMILES string of the molecule is Cc1ccc(CCN2CC(C(=O)NC(Cc3cc(F)cc(F)c3)C(O)C3CCCN3)CC2=O)cc1. The van der Waals surface area contributed by atoms with E-state index in [4.69, 9.17) is 0 Å². The summed E-state index contributed by atoms with van der Waals surface area (Å²) >= 11 is 0. The molecule has 2 saturated heterocycles. The molecule has 2 fully saturated rings. The van der Waals surface area contributed by atoms with Gasteiger partial charge >= 0.3 is 0 Å². The Morgan fingerprint density at radius 3 is 2.54 bits per heavy atom. The van der Waals surface area contributed by atoms with Crippen LogP contribution < -0.4 is 10.6 Å². The summed E-state index contributed by atoms with van der Waals surface area (Å²) in [6.45, 7) is 3.64. The number of halogens is 2. The number of carbonyl (C=O) groups is 2. The first kappa shape index (κ1) is 25.3. The summed E-state index contributed by atoms with van der Waals surface area (Å²) in [5.41, 5.74) is 2.66. The van der Waals surface area contributed by atoms with Crippen molar-refractivity contribution in [2.45, 2.75) is 57.2 Å². The fourth-order valence-corrected chi connectivity index (χ4v) is 5.01. The van der Waals surface area contributed by atoms with Crippen LogP contribution >= 0.6 is 0 Å². The highest BCUT2D eigenvalue weighted by Gasteiger charge is 2.37. The molecular formula is C27H33F2N3O3. The number of aryl methyl sites for hydroxylation is 1. The number of nitrogens with one attached hydrogen (secondary N) is 2. The van der Waals surface area contributed by atoms with Crippen molar-refractivity contribution < 1.29 is 23.5 Å². The van der Waals surface area contributed by atoms with Gasteiger partial charge in [-0.05, 0) is 62.4 Å². The fourth-order valence-electron chi connectivity index (χ4n) is 5.01. The molecule has 2 aliphatic rings. The second-order valence-electron chi connectivity index (χ2n) is 9.77. The Balaban J connectivity index is 1.39. The fraction of sp³-hybridized carbons (Fsp3) is 0.481. The Kier molecular flexibility index (Phi) is 8.13. The number of rotatable bonds is 9. The summed E-state index contributed by atoms with van der Waals surface area (Å²) in [7, 11) is 0. The molecule has 0 aromatic heterocycles. The molecular weight excluding hydrogens is 452 g/mol. The number of carbonyl (C=O) groups excluding carboxylic acids is 2. The van der Waals surface area contributed by atoms with E-state index in [0.717, 1.165) is 31.0 Å². The maximum absolute atomic E-state index is 13.7. The minimum absolute atomic E-state index is 0.0704. The maximum Gasteiger partial charge on any atom is 0.225 e. The van der Waals surface area contributed by atoms with Crippen molar-refractivity contribution in [3.05, 3.63) is 70.8 Å². The minimum Gasteiger partial charge on any atom is -0.389 e. The van der Waals surface area contributed by atoms with Crippen LogP contribution in [0.4, 0.5) is 8.78 Å². The number of nitrogens with zero attached hydrogens (tertiary/aromatic N) is 1. The third kappa shape index (κ3) is 6.64. The number of likely N-dealkylation sites (tertiary alicyclic amines) is 1. The largest absolute Gasteiger partial charge is 0.389 e. The topological polar surface area (TPSA) is 81.7 Å². The van der Waals surface area contributed by atoms with E-state index in [1.165, 1.54) is 17.7 Å². The monoisotopic (exact) mass is 485 g/mol. The van der Waals surface area contributed by atoms with Gasteiger partial charge < -0.3 is 20.6 Å². The highest BCUT2D eigenvalue weighted by Crippen LogP contribution is 2.21. The molecule has 3 N–H and O–H groups in total. The van der Waals surface area contributed by atoms with Gasteiger partial charge in [0, 0.05) is 31.6 Å². The lowest BCUT2D eigenvalue weighted by molar-refractivity contribution is -0.129. The number of aliphatic hydroxyl groups excluding tert-OH is 1. The minimum atomic E-state index is -0.928. The first-order valence-corrected chi connectivity index (χ1v) is 12.3. The van der Waals surface area contributed by atoms with Crippen LogP contribution in [0.3, 0.4) is 0 Å². The van der Waals surface area contributed by atoms with E-state index in [0.29, 0.717) is 25.1 Å². The molecule has 0 bridgehead atoms. The van der Waals surface area contributed by atoms with Crippen LogP contribution in [0.25, 0.3) is 0 Å². The molecule has 2 heterocycles. The molecule has 4 rings (SSSR count). The molecule has 4 atom stereocenters. The molecule has 0 saturated carbocycles. The normalized spacial score (nSPS) is 21.8. The summed E-state index contributed by atoms with van der Waals surface area (Å²) in [5, 5.41) is 17.1.